The zero-order valence-corrected chi connectivity index (χ0v) is 12.4. The zero-order chi connectivity index (χ0) is 14.5. The average Bonchev–Trinajstić information content (AvgIpc) is 2.47. The Labute approximate surface area is 120 Å². The van der Waals surface area contributed by atoms with Crippen molar-refractivity contribution in [2.45, 2.75) is 39.8 Å². The molecule has 0 radical (unpaired) electrons. The quantitative estimate of drug-likeness (QED) is 0.906. The summed E-state index contributed by atoms with van der Waals surface area (Å²) >= 11 is 0. The Kier molecular flexibility index (Phi) is 4.74. The van der Waals surface area contributed by atoms with Crippen LogP contribution < -0.4 is 10.7 Å². The van der Waals surface area contributed by atoms with Gasteiger partial charge in [0.15, 0.2) is 5.43 Å². The molecule has 1 unspecified atom stereocenters. The Morgan fingerprint density at radius 3 is 2.60 bits per heavy atom. The first-order chi connectivity index (χ1) is 9.61. The molecule has 0 saturated heterocycles. The van der Waals surface area contributed by atoms with Gasteiger partial charge in [0.25, 0.3) is 0 Å². The van der Waals surface area contributed by atoms with E-state index in [1.54, 1.807) is 6.07 Å². The number of rotatable bonds is 5. The fourth-order valence-electron chi connectivity index (χ4n) is 2.10. The molecule has 1 aromatic heterocycles. The molecule has 20 heavy (non-hydrogen) atoms. The molecule has 0 amide bonds. The van der Waals surface area contributed by atoms with E-state index in [-0.39, 0.29) is 5.43 Å². The van der Waals surface area contributed by atoms with Crippen molar-refractivity contribution in [1.82, 2.24) is 9.88 Å². The number of para-hydroxylation sites is 1. The van der Waals surface area contributed by atoms with E-state index in [1.165, 1.54) is 0 Å². The van der Waals surface area contributed by atoms with E-state index in [2.05, 4.69) is 23.7 Å². The lowest BCUT2D eigenvalue weighted by Gasteiger charge is -2.15. The Morgan fingerprint density at radius 1 is 1.25 bits per heavy atom. The Hall–Kier alpha value is -1.87. The van der Waals surface area contributed by atoms with Crippen molar-refractivity contribution in [3.63, 3.8) is 0 Å². The molecule has 106 valence electrons. The summed E-state index contributed by atoms with van der Waals surface area (Å²) in [6.45, 7) is 6.83. The first-order valence-electron chi connectivity index (χ1n) is 7.12. The maximum atomic E-state index is 12.1. The molecule has 3 nitrogen and oxygen atoms in total. The second-order valence-corrected chi connectivity index (χ2v) is 5.20. The van der Waals surface area contributed by atoms with Gasteiger partial charge in [-0.05, 0) is 32.4 Å². The summed E-state index contributed by atoms with van der Waals surface area (Å²) in [7, 11) is 0. The van der Waals surface area contributed by atoms with Crippen molar-refractivity contribution in [3.05, 3.63) is 64.1 Å². The molecule has 1 atom stereocenters. The van der Waals surface area contributed by atoms with Crippen LogP contribution in [0.3, 0.4) is 0 Å². The van der Waals surface area contributed by atoms with Crippen LogP contribution in [0, 0.1) is 6.92 Å². The maximum absolute atomic E-state index is 12.1. The highest BCUT2D eigenvalue weighted by molar-refractivity contribution is 5.35. The fourth-order valence-corrected chi connectivity index (χ4v) is 2.10. The third-order valence-corrected chi connectivity index (χ3v) is 3.61. The number of aryl methyl sites for hydroxylation is 1. The van der Waals surface area contributed by atoms with Crippen molar-refractivity contribution in [2.24, 2.45) is 0 Å². The van der Waals surface area contributed by atoms with Crippen molar-refractivity contribution >= 4 is 0 Å². The molecule has 0 spiro atoms. The summed E-state index contributed by atoms with van der Waals surface area (Å²) in [6, 6.07) is 12.2. The van der Waals surface area contributed by atoms with Crippen molar-refractivity contribution < 1.29 is 0 Å². The van der Waals surface area contributed by atoms with E-state index in [4.69, 9.17) is 0 Å². The van der Waals surface area contributed by atoms with Crippen LogP contribution in [0.15, 0.2) is 47.4 Å². The standard InChI is InChI=1S/C17H22N2O/c1-4-13(2)18-11-15-12-19(14(3)10-17(15)20)16-8-6-5-7-9-16/h5-10,12-13,18H,4,11H2,1-3H3. The first kappa shape index (κ1) is 14.5. The summed E-state index contributed by atoms with van der Waals surface area (Å²) in [4.78, 5) is 12.1. The lowest BCUT2D eigenvalue weighted by Crippen LogP contribution is -2.28. The maximum Gasteiger partial charge on any atom is 0.186 e. The van der Waals surface area contributed by atoms with Gasteiger partial charge in [-0.25, -0.2) is 0 Å². The van der Waals surface area contributed by atoms with E-state index in [1.807, 2.05) is 43.5 Å². The summed E-state index contributed by atoms with van der Waals surface area (Å²) in [6.07, 6.45) is 3.00. The van der Waals surface area contributed by atoms with Gasteiger partial charge in [0.2, 0.25) is 0 Å². The smallest absolute Gasteiger partial charge is 0.186 e. The number of nitrogens with one attached hydrogen (secondary N) is 1. The molecule has 0 aliphatic heterocycles. The van der Waals surface area contributed by atoms with Crippen LogP contribution in [-0.4, -0.2) is 10.6 Å². The number of nitrogens with zero attached hydrogens (tertiary/aromatic N) is 1. The monoisotopic (exact) mass is 270 g/mol. The molecule has 1 N–H and O–H groups in total. The van der Waals surface area contributed by atoms with Gasteiger partial charge >= 0.3 is 0 Å². The number of benzene rings is 1. The summed E-state index contributed by atoms with van der Waals surface area (Å²) in [5.74, 6) is 0. The molecule has 3 heteroatoms. The number of hydrogen-bond donors (Lipinski definition) is 1. The van der Waals surface area contributed by atoms with Gasteiger partial charge in [0, 0.05) is 41.8 Å². The normalized spacial score (nSPS) is 12.3. The van der Waals surface area contributed by atoms with Gasteiger partial charge in [-0.2, -0.15) is 0 Å². The predicted octanol–water partition coefficient (Wildman–Crippen LogP) is 3.03. The Morgan fingerprint density at radius 2 is 1.95 bits per heavy atom. The Bertz CT molecular complexity index is 617. The van der Waals surface area contributed by atoms with Gasteiger partial charge in [0.05, 0.1) is 0 Å². The Balaban J connectivity index is 2.33. The van der Waals surface area contributed by atoms with Crippen LogP contribution in [0.2, 0.25) is 0 Å². The van der Waals surface area contributed by atoms with Crippen LogP contribution in [-0.2, 0) is 6.54 Å². The minimum absolute atomic E-state index is 0.102. The molecule has 2 rings (SSSR count). The number of pyridine rings is 1. The summed E-state index contributed by atoms with van der Waals surface area (Å²) < 4.78 is 2.06. The molecule has 0 bridgehead atoms. The highest BCUT2D eigenvalue weighted by Gasteiger charge is 2.06. The van der Waals surface area contributed by atoms with Crippen LogP contribution >= 0.6 is 0 Å². The molecule has 0 aliphatic carbocycles. The second-order valence-electron chi connectivity index (χ2n) is 5.20. The van der Waals surface area contributed by atoms with E-state index < -0.39 is 0 Å². The summed E-state index contributed by atoms with van der Waals surface area (Å²) in [5.41, 5.74) is 2.94. The highest BCUT2D eigenvalue weighted by Crippen LogP contribution is 2.10. The lowest BCUT2D eigenvalue weighted by atomic mass is 10.2. The molecule has 0 saturated carbocycles. The number of aromatic nitrogens is 1. The summed E-state index contributed by atoms with van der Waals surface area (Å²) in [5, 5.41) is 3.37. The largest absolute Gasteiger partial charge is 0.321 e. The predicted molar refractivity (Wildman–Crippen MR) is 83.4 cm³/mol. The lowest BCUT2D eigenvalue weighted by molar-refractivity contribution is 0.532. The SMILES string of the molecule is CCC(C)NCc1cn(-c2ccccc2)c(C)cc1=O. The topological polar surface area (TPSA) is 34.0 Å². The van der Waals surface area contributed by atoms with Crippen molar-refractivity contribution in [1.29, 1.82) is 0 Å². The molecule has 1 aromatic carbocycles. The molecule has 2 aromatic rings. The second kappa shape index (κ2) is 6.53. The first-order valence-corrected chi connectivity index (χ1v) is 7.12. The van der Waals surface area contributed by atoms with E-state index in [0.29, 0.717) is 12.6 Å². The van der Waals surface area contributed by atoms with Crippen LogP contribution in [0.5, 0.6) is 0 Å². The van der Waals surface area contributed by atoms with E-state index in [0.717, 1.165) is 23.4 Å². The van der Waals surface area contributed by atoms with Gasteiger partial charge in [-0.3, -0.25) is 4.79 Å². The van der Waals surface area contributed by atoms with E-state index >= 15 is 0 Å². The van der Waals surface area contributed by atoms with Crippen LogP contribution in [0.25, 0.3) is 5.69 Å². The minimum atomic E-state index is 0.102. The van der Waals surface area contributed by atoms with Gasteiger partial charge in [0.1, 0.15) is 0 Å². The van der Waals surface area contributed by atoms with Gasteiger partial charge in [-0.1, -0.05) is 25.1 Å². The zero-order valence-electron chi connectivity index (χ0n) is 12.4. The molecule has 0 aliphatic rings. The average molecular weight is 270 g/mol. The van der Waals surface area contributed by atoms with Crippen molar-refractivity contribution in [3.8, 4) is 5.69 Å². The molecule has 0 fully saturated rings. The molecular formula is C17H22N2O. The number of hydrogen-bond acceptors (Lipinski definition) is 2. The fraction of sp³-hybridized carbons (Fsp3) is 0.353. The van der Waals surface area contributed by atoms with Crippen LogP contribution in [0.1, 0.15) is 31.5 Å². The molecular weight excluding hydrogens is 248 g/mol. The minimum Gasteiger partial charge on any atom is -0.321 e. The van der Waals surface area contributed by atoms with Gasteiger partial charge in [-0.15, -0.1) is 0 Å². The molecule has 1 heterocycles. The third kappa shape index (κ3) is 3.36. The van der Waals surface area contributed by atoms with Crippen LogP contribution in [0.4, 0.5) is 0 Å². The highest BCUT2D eigenvalue weighted by atomic mass is 16.1. The van der Waals surface area contributed by atoms with E-state index in [9.17, 15) is 4.79 Å². The van der Waals surface area contributed by atoms with Crippen molar-refractivity contribution in [2.75, 3.05) is 0 Å². The van der Waals surface area contributed by atoms with Gasteiger partial charge < -0.3 is 9.88 Å². The third-order valence-electron chi connectivity index (χ3n) is 3.61.